The van der Waals surface area contributed by atoms with Gasteiger partial charge in [0.1, 0.15) is 22.8 Å². The Kier molecular flexibility index (Phi) is 3.38. The highest BCUT2D eigenvalue weighted by molar-refractivity contribution is 5.96. The molecule has 0 aliphatic rings. The van der Waals surface area contributed by atoms with E-state index in [2.05, 4.69) is 15.3 Å². The lowest BCUT2D eigenvalue weighted by molar-refractivity contribution is -0.114. The summed E-state index contributed by atoms with van der Waals surface area (Å²) in [5.41, 5.74) is 1.09. The third-order valence-electron chi connectivity index (χ3n) is 3.17. The van der Waals surface area contributed by atoms with E-state index in [9.17, 15) is 9.90 Å². The molecule has 0 radical (unpaired) electrons. The standard InChI is InChI=1S/C15H14N4O3/c1-9(20)17-14-7-12(19-4-3-16-8-19)11-5-10(22-2)6-13(21)15(11)18-14/h3-8,21H,1-2H3,(H,17,18,20). The highest BCUT2D eigenvalue weighted by Crippen LogP contribution is 2.34. The summed E-state index contributed by atoms with van der Waals surface area (Å²) < 4.78 is 6.96. The number of pyridine rings is 1. The third-order valence-corrected chi connectivity index (χ3v) is 3.17. The second-order valence-electron chi connectivity index (χ2n) is 4.72. The molecule has 0 aliphatic heterocycles. The number of imidazole rings is 1. The molecule has 112 valence electrons. The van der Waals surface area contributed by atoms with Crippen LogP contribution in [0.15, 0.2) is 36.9 Å². The first-order chi connectivity index (χ1) is 10.6. The fourth-order valence-corrected chi connectivity index (χ4v) is 2.24. The molecule has 7 nitrogen and oxygen atoms in total. The number of aromatic nitrogens is 3. The minimum atomic E-state index is -0.239. The summed E-state index contributed by atoms with van der Waals surface area (Å²) in [4.78, 5) is 19.6. The minimum Gasteiger partial charge on any atom is -0.506 e. The SMILES string of the molecule is COc1cc(O)c2nc(NC(C)=O)cc(-n3ccnc3)c2c1. The minimum absolute atomic E-state index is 0.0251. The zero-order chi connectivity index (χ0) is 15.7. The van der Waals surface area contributed by atoms with Crippen molar-refractivity contribution in [3.05, 3.63) is 36.9 Å². The number of rotatable bonds is 3. The van der Waals surface area contributed by atoms with Crippen molar-refractivity contribution in [2.45, 2.75) is 6.92 Å². The molecule has 2 aromatic heterocycles. The number of carbonyl (C=O) groups excluding carboxylic acids is 1. The average molecular weight is 298 g/mol. The van der Waals surface area contributed by atoms with Crippen molar-refractivity contribution in [3.63, 3.8) is 0 Å². The number of fused-ring (bicyclic) bond motifs is 1. The van der Waals surface area contributed by atoms with Crippen LogP contribution in [0.5, 0.6) is 11.5 Å². The summed E-state index contributed by atoms with van der Waals surface area (Å²) in [6.45, 7) is 1.40. The van der Waals surface area contributed by atoms with Gasteiger partial charge in [0, 0.05) is 36.8 Å². The van der Waals surface area contributed by atoms with E-state index >= 15 is 0 Å². The molecule has 3 aromatic rings. The van der Waals surface area contributed by atoms with Gasteiger partial charge in [-0.1, -0.05) is 0 Å². The topological polar surface area (TPSA) is 89.3 Å². The van der Waals surface area contributed by atoms with E-state index in [0.29, 0.717) is 22.5 Å². The molecule has 3 rings (SSSR count). The molecule has 0 unspecified atom stereocenters. The number of carbonyl (C=O) groups is 1. The number of nitrogens with zero attached hydrogens (tertiary/aromatic N) is 3. The van der Waals surface area contributed by atoms with Crippen LogP contribution in [-0.4, -0.2) is 32.7 Å². The Morgan fingerprint density at radius 3 is 2.82 bits per heavy atom. The van der Waals surface area contributed by atoms with Gasteiger partial charge in [0.15, 0.2) is 0 Å². The van der Waals surface area contributed by atoms with E-state index in [1.807, 2.05) is 0 Å². The van der Waals surface area contributed by atoms with Crippen molar-refractivity contribution < 1.29 is 14.6 Å². The molecule has 1 amide bonds. The monoisotopic (exact) mass is 298 g/mol. The molecule has 0 bridgehead atoms. The van der Waals surface area contributed by atoms with Crippen molar-refractivity contribution in [2.24, 2.45) is 0 Å². The quantitative estimate of drug-likeness (QED) is 0.773. The van der Waals surface area contributed by atoms with Gasteiger partial charge in [0.2, 0.25) is 5.91 Å². The number of hydrogen-bond donors (Lipinski definition) is 2. The summed E-state index contributed by atoms with van der Waals surface area (Å²) in [5, 5.41) is 13.5. The summed E-state index contributed by atoms with van der Waals surface area (Å²) in [6.07, 6.45) is 5.04. The van der Waals surface area contributed by atoms with E-state index in [1.165, 1.54) is 20.1 Å². The Bertz CT molecular complexity index is 844. The first kappa shape index (κ1) is 13.9. The van der Waals surface area contributed by atoms with Crippen molar-refractivity contribution in [3.8, 4) is 17.2 Å². The maximum absolute atomic E-state index is 11.3. The van der Waals surface area contributed by atoms with Gasteiger partial charge in [-0.2, -0.15) is 0 Å². The van der Waals surface area contributed by atoms with Crippen molar-refractivity contribution >= 4 is 22.6 Å². The number of anilines is 1. The van der Waals surface area contributed by atoms with E-state index in [0.717, 1.165) is 5.69 Å². The van der Waals surface area contributed by atoms with Crippen molar-refractivity contribution in [1.29, 1.82) is 0 Å². The number of amides is 1. The Morgan fingerprint density at radius 2 is 2.18 bits per heavy atom. The second-order valence-corrected chi connectivity index (χ2v) is 4.72. The fourth-order valence-electron chi connectivity index (χ4n) is 2.24. The van der Waals surface area contributed by atoms with E-state index in [-0.39, 0.29) is 11.7 Å². The number of aromatic hydroxyl groups is 1. The zero-order valence-electron chi connectivity index (χ0n) is 12.1. The molecule has 0 saturated carbocycles. The van der Waals surface area contributed by atoms with Gasteiger partial charge < -0.3 is 19.7 Å². The lowest BCUT2D eigenvalue weighted by atomic mass is 10.1. The van der Waals surface area contributed by atoms with Crippen LogP contribution >= 0.6 is 0 Å². The van der Waals surface area contributed by atoms with E-state index < -0.39 is 0 Å². The Hall–Kier alpha value is -3.09. The first-order valence-corrected chi connectivity index (χ1v) is 6.56. The Morgan fingerprint density at radius 1 is 1.36 bits per heavy atom. The first-order valence-electron chi connectivity index (χ1n) is 6.56. The molecule has 0 atom stereocenters. The van der Waals surface area contributed by atoms with Crippen molar-refractivity contribution in [2.75, 3.05) is 12.4 Å². The summed E-state index contributed by atoms with van der Waals surface area (Å²) in [6, 6.07) is 4.96. The largest absolute Gasteiger partial charge is 0.506 e. The van der Waals surface area contributed by atoms with Crippen LogP contribution in [0.25, 0.3) is 16.6 Å². The normalized spacial score (nSPS) is 10.6. The van der Waals surface area contributed by atoms with Crippen LogP contribution in [0.2, 0.25) is 0 Å². The molecule has 7 heteroatoms. The Balaban J connectivity index is 2.32. The predicted octanol–water partition coefficient (Wildman–Crippen LogP) is 2.09. The zero-order valence-corrected chi connectivity index (χ0v) is 12.1. The van der Waals surface area contributed by atoms with E-state index in [4.69, 9.17) is 4.74 Å². The molecular weight excluding hydrogens is 284 g/mol. The van der Waals surface area contributed by atoms with Gasteiger partial charge in [-0.05, 0) is 6.07 Å². The number of hydrogen-bond acceptors (Lipinski definition) is 5. The maximum Gasteiger partial charge on any atom is 0.222 e. The predicted molar refractivity (Wildman–Crippen MR) is 81.4 cm³/mol. The molecule has 22 heavy (non-hydrogen) atoms. The van der Waals surface area contributed by atoms with Gasteiger partial charge in [0.25, 0.3) is 0 Å². The maximum atomic E-state index is 11.3. The second kappa shape index (κ2) is 5.36. The number of ether oxygens (including phenoxy) is 1. The van der Waals surface area contributed by atoms with Crippen LogP contribution in [0, 0.1) is 0 Å². The van der Waals surface area contributed by atoms with E-state index in [1.54, 1.807) is 35.4 Å². The molecule has 1 aromatic carbocycles. The van der Waals surface area contributed by atoms with Gasteiger partial charge in [0.05, 0.1) is 19.1 Å². The summed E-state index contributed by atoms with van der Waals surface area (Å²) in [5.74, 6) is 0.601. The lowest BCUT2D eigenvalue weighted by Crippen LogP contribution is -2.08. The highest BCUT2D eigenvalue weighted by Gasteiger charge is 2.13. The molecule has 2 N–H and O–H groups in total. The van der Waals surface area contributed by atoms with Gasteiger partial charge >= 0.3 is 0 Å². The number of phenols is 1. The van der Waals surface area contributed by atoms with Crippen molar-refractivity contribution in [1.82, 2.24) is 14.5 Å². The number of nitrogens with one attached hydrogen (secondary N) is 1. The molecule has 0 fully saturated rings. The number of phenolic OH excluding ortho intramolecular Hbond substituents is 1. The van der Waals surface area contributed by atoms with Crippen LogP contribution in [0.1, 0.15) is 6.92 Å². The van der Waals surface area contributed by atoms with Crippen LogP contribution in [0.3, 0.4) is 0 Å². The average Bonchev–Trinajstić information content (AvgIpc) is 3.00. The van der Waals surface area contributed by atoms with Crippen LogP contribution in [0.4, 0.5) is 5.82 Å². The molecule has 0 aliphatic carbocycles. The number of benzene rings is 1. The lowest BCUT2D eigenvalue weighted by Gasteiger charge is -2.12. The fraction of sp³-hybridized carbons (Fsp3) is 0.133. The van der Waals surface area contributed by atoms with Crippen LogP contribution in [-0.2, 0) is 4.79 Å². The van der Waals surface area contributed by atoms with Crippen LogP contribution < -0.4 is 10.1 Å². The third kappa shape index (κ3) is 2.44. The number of methoxy groups -OCH3 is 1. The highest BCUT2D eigenvalue weighted by atomic mass is 16.5. The van der Waals surface area contributed by atoms with Gasteiger partial charge in [-0.25, -0.2) is 9.97 Å². The molecule has 2 heterocycles. The molecule has 0 spiro atoms. The Labute approximate surface area is 126 Å². The molecular formula is C15H14N4O3. The smallest absolute Gasteiger partial charge is 0.222 e. The molecule has 0 saturated heterocycles. The summed E-state index contributed by atoms with van der Waals surface area (Å²) >= 11 is 0. The van der Waals surface area contributed by atoms with Gasteiger partial charge in [-0.15, -0.1) is 0 Å². The van der Waals surface area contributed by atoms with Gasteiger partial charge in [-0.3, -0.25) is 4.79 Å². The summed E-state index contributed by atoms with van der Waals surface area (Å²) in [7, 11) is 1.52.